The van der Waals surface area contributed by atoms with Crippen LogP contribution in [0.3, 0.4) is 0 Å². The smallest absolute Gasteiger partial charge is 0.316 e. The summed E-state index contributed by atoms with van der Waals surface area (Å²) in [4.78, 5) is 16.8. The van der Waals surface area contributed by atoms with Gasteiger partial charge in [0, 0.05) is 11.4 Å². The van der Waals surface area contributed by atoms with Crippen molar-refractivity contribution < 1.29 is 9.53 Å². The molecule has 0 aliphatic heterocycles. The number of hydrogen-bond acceptors (Lipinski definition) is 6. The third-order valence-electron chi connectivity index (χ3n) is 5.23. The third kappa shape index (κ3) is 4.19. The Labute approximate surface area is 159 Å². The summed E-state index contributed by atoms with van der Waals surface area (Å²) in [6.45, 7) is 10.6. The van der Waals surface area contributed by atoms with Crippen LogP contribution in [-0.2, 0) is 9.53 Å². The lowest BCUT2D eigenvalue weighted by Gasteiger charge is -2.36. The molecule has 26 heavy (non-hydrogen) atoms. The zero-order chi connectivity index (χ0) is 18.8. The van der Waals surface area contributed by atoms with Gasteiger partial charge in [-0.2, -0.15) is 0 Å². The van der Waals surface area contributed by atoms with Crippen molar-refractivity contribution in [3.63, 3.8) is 0 Å². The number of aryl methyl sites for hydroxylation is 2. The summed E-state index contributed by atoms with van der Waals surface area (Å²) in [6.07, 6.45) is 3.37. The average Bonchev–Trinajstić information content (AvgIpc) is 2.95. The molecule has 0 bridgehead atoms. The van der Waals surface area contributed by atoms with Gasteiger partial charge in [0.2, 0.25) is 0 Å². The van der Waals surface area contributed by atoms with Crippen LogP contribution in [0, 0.1) is 31.6 Å². The Balaban J connectivity index is 1.64. The number of carbonyl (C=O) groups excluding carboxylic acids is 1. The molecule has 1 aliphatic rings. The van der Waals surface area contributed by atoms with E-state index in [1.54, 1.807) is 0 Å². The lowest BCUT2D eigenvalue weighted by atomic mass is 9.75. The molecule has 2 aromatic rings. The zero-order valence-electron chi connectivity index (χ0n) is 16.2. The van der Waals surface area contributed by atoms with Crippen LogP contribution in [0.4, 0.5) is 0 Å². The third-order valence-corrected chi connectivity index (χ3v) is 6.13. The van der Waals surface area contributed by atoms with Crippen LogP contribution in [0.5, 0.6) is 0 Å². The predicted molar refractivity (Wildman–Crippen MR) is 102 cm³/mol. The topological polar surface area (TPSA) is 69.4 Å². The summed E-state index contributed by atoms with van der Waals surface area (Å²) >= 11 is 1.36. The van der Waals surface area contributed by atoms with E-state index in [0.29, 0.717) is 28.7 Å². The summed E-state index contributed by atoms with van der Waals surface area (Å²) in [5.41, 5.74) is 1.92. The minimum atomic E-state index is -0.172. The maximum absolute atomic E-state index is 12.4. The van der Waals surface area contributed by atoms with Crippen molar-refractivity contribution in [3.05, 3.63) is 17.5 Å². The van der Waals surface area contributed by atoms with E-state index in [1.165, 1.54) is 18.2 Å². The zero-order valence-corrected chi connectivity index (χ0v) is 17.0. The Morgan fingerprint density at radius 2 is 2.12 bits per heavy atom. The number of aromatic nitrogens is 4. The van der Waals surface area contributed by atoms with Crippen LogP contribution in [0.2, 0.25) is 0 Å². The van der Waals surface area contributed by atoms with Gasteiger partial charge in [0.1, 0.15) is 6.10 Å². The molecule has 3 rings (SSSR count). The van der Waals surface area contributed by atoms with Gasteiger partial charge in [0.05, 0.1) is 5.75 Å². The molecule has 0 radical (unpaired) electrons. The van der Waals surface area contributed by atoms with E-state index < -0.39 is 0 Å². The van der Waals surface area contributed by atoms with E-state index in [4.69, 9.17) is 4.74 Å². The summed E-state index contributed by atoms with van der Waals surface area (Å²) in [5.74, 6) is 2.25. The molecule has 1 fully saturated rings. The highest BCUT2D eigenvalue weighted by molar-refractivity contribution is 7.99. The Bertz CT molecular complexity index is 789. The van der Waals surface area contributed by atoms with E-state index >= 15 is 0 Å². The molecule has 2 heterocycles. The molecule has 0 saturated heterocycles. The van der Waals surface area contributed by atoms with Crippen molar-refractivity contribution in [3.8, 4) is 0 Å². The Hall–Kier alpha value is -1.63. The number of thioether (sulfide) groups is 1. The van der Waals surface area contributed by atoms with Gasteiger partial charge in [-0.3, -0.25) is 9.20 Å². The first kappa shape index (κ1) is 19.1. The van der Waals surface area contributed by atoms with Crippen molar-refractivity contribution in [1.82, 2.24) is 19.6 Å². The largest absolute Gasteiger partial charge is 0.461 e. The van der Waals surface area contributed by atoms with Crippen molar-refractivity contribution in [2.45, 2.75) is 65.1 Å². The van der Waals surface area contributed by atoms with Crippen LogP contribution >= 0.6 is 11.8 Å². The molecule has 1 aliphatic carbocycles. The maximum Gasteiger partial charge on any atom is 0.316 e. The average molecular weight is 377 g/mol. The van der Waals surface area contributed by atoms with Gasteiger partial charge in [0.25, 0.3) is 5.78 Å². The van der Waals surface area contributed by atoms with Crippen molar-refractivity contribution in [1.29, 1.82) is 0 Å². The second-order valence-electron chi connectivity index (χ2n) is 7.80. The highest BCUT2D eigenvalue weighted by Gasteiger charge is 2.33. The van der Waals surface area contributed by atoms with Gasteiger partial charge in [-0.05, 0) is 50.5 Å². The van der Waals surface area contributed by atoms with Crippen molar-refractivity contribution >= 4 is 23.5 Å². The predicted octanol–water partition coefficient (Wildman–Crippen LogP) is 3.84. The molecule has 0 N–H and O–H groups in total. The lowest BCUT2D eigenvalue weighted by molar-refractivity contribution is -0.152. The first-order valence-corrected chi connectivity index (χ1v) is 10.4. The van der Waals surface area contributed by atoms with Gasteiger partial charge >= 0.3 is 5.97 Å². The Morgan fingerprint density at radius 3 is 2.85 bits per heavy atom. The van der Waals surface area contributed by atoms with Crippen LogP contribution in [0.15, 0.2) is 11.2 Å². The van der Waals surface area contributed by atoms with Crippen LogP contribution in [0.1, 0.15) is 51.4 Å². The lowest BCUT2D eigenvalue weighted by Crippen LogP contribution is -2.36. The molecular formula is C19H28N4O2S. The number of nitrogens with zero attached hydrogens (tertiary/aromatic N) is 4. The van der Waals surface area contributed by atoms with E-state index in [1.807, 2.05) is 24.3 Å². The molecule has 0 amide bonds. The first-order valence-electron chi connectivity index (χ1n) is 9.36. The molecule has 6 nitrogen and oxygen atoms in total. The fourth-order valence-corrected chi connectivity index (χ4v) is 4.64. The highest BCUT2D eigenvalue weighted by atomic mass is 32.2. The van der Waals surface area contributed by atoms with Gasteiger partial charge in [-0.1, -0.05) is 39.0 Å². The van der Waals surface area contributed by atoms with Crippen molar-refractivity contribution in [2.75, 3.05) is 5.75 Å². The molecule has 1 saturated carbocycles. The second kappa shape index (κ2) is 7.94. The number of hydrogen-bond donors (Lipinski definition) is 0. The molecule has 3 unspecified atom stereocenters. The van der Waals surface area contributed by atoms with Crippen LogP contribution in [-0.4, -0.2) is 37.4 Å². The normalized spacial score (nSPS) is 23.5. The number of ether oxygens (including phenoxy) is 1. The highest BCUT2D eigenvalue weighted by Crippen LogP contribution is 2.35. The SMILES string of the molecule is Cc1cc(C)n2c(SCC(=O)OC3CC(C)CCC3C(C)C)nnc2n1. The standard InChI is InChI=1S/C19H28N4O2S/c1-11(2)15-7-6-12(3)8-16(15)25-17(24)10-26-19-22-21-18-20-13(4)9-14(5)23(18)19/h9,11-12,15-16H,6-8,10H2,1-5H3. The van der Waals surface area contributed by atoms with Crippen LogP contribution in [0.25, 0.3) is 5.78 Å². The Kier molecular flexibility index (Phi) is 5.85. The number of carbonyl (C=O) groups is 1. The molecule has 3 atom stereocenters. The Morgan fingerprint density at radius 1 is 1.35 bits per heavy atom. The monoisotopic (exact) mass is 376 g/mol. The molecule has 7 heteroatoms. The second-order valence-corrected chi connectivity index (χ2v) is 8.74. The van der Waals surface area contributed by atoms with E-state index in [0.717, 1.165) is 24.2 Å². The molecule has 0 aromatic carbocycles. The fraction of sp³-hybridized carbons (Fsp3) is 0.684. The molecule has 142 valence electrons. The fourth-order valence-electron chi connectivity index (χ4n) is 3.87. The molecule has 2 aromatic heterocycles. The summed E-state index contributed by atoms with van der Waals surface area (Å²) in [7, 11) is 0. The van der Waals surface area contributed by atoms with E-state index in [-0.39, 0.29) is 17.8 Å². The van der Waals surface area contributed by atoms with E-state index in [2.05, 4.69) is 36.0 Å². The first-order chi connectivity index (χ1) is 12.3. The number of rotatable bonds is 5. The minimum absolute atomic E-state index is 0.0352. The van der Waals surface area contributed by atoms with Gasteiger partial charge in [-0.25, -0.2) is 4.98 Å². The number of esters is 1. The quantitative estimate of drug-likeness (QED) is 0.583. The summed E-state index contributed by atoms with van der Waals surface area (Å²) in [5, 5.41) is 8.96. The van der Waals surface area contributed by atoms with Gasteiger partial charge in [-0.15, -0.1) is 10.2 Å². The summed E-state index contributed by atoms with van der Waals surface area (Å²) in [6, 6.07) is 1.98. The van der Waals surface area contributed by atoms with Gasteiger partial charge < -0.3 is 4.74 Å². The van der Waals surface area contributed by atoms with Crippen LogP contribution < -0.4 is 0 Å². The maximum atomic E-state index is 12.4. The molecular weight excluding hydrogens is 348 g/mol. The summed E-state index contributed by atoms with van der Waals surface area (Å²) < 4.78 is 7.74. The van der Waals surface area contributed by atoms with E-state index in [9.17, 15) is 4.79 Å². The molecule has 0 spiro atoms. The van der Waals surface area contributed by atoms with Crippen molar-refractivity contribution in [2.24, 2.45) is 17.8 Å². The number of fused-ring (bicyclic) bond motifs is 1. The minimum Gasteiger partial charge on any atom is -0.461 e. The van der Waals surface area contributed by atoms with Gasteiger partial charge in [0.15, 0.2) is 5.16 Å².